The maximum atomic E-state index is 11.7. The van der Waals surface area contributed by atoms with Gasteiger partial charge in [-0.3, -0.25) is 4.79 Å². The lowest BCUT2D eigenvalue weighted by molar-refractivity contribution is -0.109. The first-order valence-electron chi connectivity index (χ1n) is 7.04. The maximum absolute atomic E-state index is 11.7. The van der Waals surface area contributed by atoms with E-state index in [1.165, 1.54) is 11.8 Å². The number of rotatable bonds is 6. The lowest BCUT2D eigenvalue weighted by Crippen LogP contribution is -2.34. The molecule has 3 nitrogen and oxygen atoms in total. The van der Waals surface area contributed by atoms with Crippen LogP contribution < -0.4 is 5.32 Å². The van der Waals surface area contributed by atoms with Crippen molar-refractivity contribution in [1.29, 1.82) is 0 Å². The van der Waals surface area contributed by atoms with E-state index in [2.05, 4.69) is 5.32 Å². The molecule has 20 heavy (non-hydrogen) atoms. The molecule has 112 valence electrons. The van der Waals surface area contributed by atoms with Crippen molar-refractivity contribution in [1.82, 2.24) is 5.32 Å². The molecule has 0 bridgehead atoms. The maximum Gasteiger partial charge on any atom is 0.279 e. The zero-order chi connectivity index (χ0) is 15.4. The van der Waals surface area contributed by atoms with Crippen LogP contribution in [0, 0.1) is 5.92 Å². The monoisotopic (exact) mass is 295 g/mol. The highest BCUT2D eigenvalue weighted by atomic mass is 32.2. The summed E-state index contributed by atoms with van der Waals surface area (Å²) >= 11 is 1.19. The van der Waals surface area contributed by atoms with Gasteiger partial charge in [0.25, 0.3) is 5.24 Å². The van der Waals surface area contributed by atoms with Gasteiger partial charge >= 0.3 is 0 Å². The molecule has 1 amide bonds. The van der Waals surface area contributed by atoms with Gasteiger partial charge < -0.3 is 10.1 Å². The van der Waals surface area contributed by atoms with Crippen molar-refractivity contribution in [2.45, 2.75) is 45.9 Å². The van der Waals surface area contributed by atoms with Gasteiger partial charge in [-0.2, -0.15) is 0 Å². The second kappa shape index (κ2) is 11.5. The quantitative estimate of drug-likeness (QED) is 0.797. The average molecular weight is 295 g/mol. The van der Waals surface area contributed by atoms with Crippen LogP contribution in [-0.4, -0.2) is 17.6 Å². The zero-order valence-corrected chi connectivity index (χ0v) is 13.6. The Morgan fingerprint density at radius 1 is 1.25 bits per heavy atom. The fourth-order valence-electron chi connectivity index (χ4n) is 1.57. The summed E-state index contributed by atoms with van der Waals surface area (Å²) < 4.78 is 0. The molecule has 0 aliphatic heterocycles. The lowest BCUT2D eigenvalue weighted by Gasteiger charge is -2.14. The largest absolute Gasteiger partial charge is 0.337 e. The van der Waals surface area contributed by atoms with E-state index in [1.807, 2.05) is 58.0 Å². The van der Waals surface area contributed by atoms with Gasteiger partial charge in [-0.15, -0.1) is 0 Å². The molecule has 1 N–H and O–H groups in total. The van der Waals surface area contributed by atoms with Gasteiger partial charge in [-0.05, 0) is 17.9 Å². The van der Waals surface area contributed by atoms with E-state index in [1.54, 1.807) is 0 Å². The van der Waals surface area contributed by atoms with E-state index >= 15 is 0 Å². The molecular formula is C16H25NO2S. The van der Waals surface area contributed by atoms with Crippen LogP contribution in [0.2, 0.25) is 0 Å². The molecule has 0 spiro atoms. The number of hydrogen-bond donors (Lipinski definition) is 1. The lowest BCUT2D eigenvalue weighted by atomic mass is 10.1. The summed E-state index contributed by atoms with van der Waals surface area (Å²) in [7, 11) is 0. The van der Waals surface area contributed by atoms with Gasteiger partial charge in [-0.1, -0.05) is 69.8 Å². The van der Waals surface area contributed by atoms with E-state index in [-0.39, 0.29) is 11.3 Å². The fourth-order valence-corrected chi connectivity index (χ4v) is 2.30. The van der Waals surface area contributed by atoms with Crippen molar-refractivity contribution >= 4 is 23.3 Å². The van der Waals surface area contributed by atoms with Crippen LogP contribution in [0.5, 0.6) is 0 Å². The smallest absolute Gasteiger partial charge is 0.279 e. The Bertz CT molecular complexity index is 379. The van der Waals surface area contributed by atoms with Crippen molar-refractivity contribution in [2.75, 3.05) is 0 Å². The minimum atomic E-state index is -0.374. The number of carbonyl (C=O) groups excluding carboxylic acids is 2. The first-order chi connectivity index (χ1) is 9.61. The van der Waals surface area contributed by atoms with Gasteiger partial charge in [0.2, 0.25) is 0 Å². The molecule has 0 aliphatic carbocycles. The van der Waals surface area contributed by atoms with Crippen molar-refractivity contribution in [3.63, 3.8) is 0 Å². The van der Waals surface area contributed by atoms with Crippen LogP contribution in [0.1, 0.15) is 39.7 Å². The number of aldehydes is 1. The molecule has 0 aliphatic rings. The number of hydrogen-bond acceptors (Lipinski definition) is 3. The summed E-state index contributed by atoms with van der Waals surface area (Å²) in [5, 5.41) is 2.58. The highest BCUT2D eigenvalue weighted by Gasteiger charge is 2.13. The number of carbonyl (C=O) groups is 2. The Hall–Kier alpha value is -1.29. The first kappa shape index (κ1) is 18.7. The van der Waals surface area contributed by atoms with Gasteiger partial charge in [0.05, 0.1) is 6.04 Å². The topological polar surface area (TPSA) is 46.2 Å². The summed E-state index contributed by atoms with van der Waals surface area (Å²) in [6.07, 6.45) is 1.49. The standard InChI is InChI=1S/C14H19NO2S.C2H6/c1-11(2)8-13(9-16)15-14(17)18-10-12-6-4-3-5-7-12;1-2/h3-7,9,11,13H,8,10H2,1-2H3,(H,15,17);1-2H3/t13-;/m0./s1. The van der Waals surface area contributed by atoms with Crippen LogP contribution >= 0.6 is 11.8 Å². The fraction of sp³-hybridized carbons (Fsp3) is 0.500. The van der Waals surface area contributed by atoms with Crippen LogP contribution in [-0.2, 0) is 10.5 Å². The molecule has 0 unspecified atom stereocenters. The zero-order valence-electron chi connectivity index (χ0n) is 12.8. The number of amides is 1. The van der Waals surface area contributed by atoms with Crippen molar-refractivity contribution < 1.29 is 9.59 Å². The average Bonchev–Trinajstić information content (AvgIpc) is 2.47. The molecule has 0 saturated carbocycles. The van der Waals surface area contributed by atoms with Crippen LogP contribution in [0.15, 0.2) is 30.3 Å². The molecule has 1 aromatic carbocycles. The summed E-state index contributed by atoms with van der Waals surface area (Å²) in [5.41, 5.74) is 1.10. The Morgan fingerprint density at radius 3 is 2.35 bits per heavy atom. The van der Waals surface area contributed by atoms with Crippen molar-refractivity contribution in [2.24, 2.45) is 5.92 Å². The predicted octanol–water partition coefficient (Wildman–Crippen LogP) is 4.27. The van der Waals surface area contributed by atoms with Gasteiger partial charge in [-0.25, -0.2) is 0 Å². The molecule has 4 heteroatoms. The van der Waals surface area contributed by atoms with Crippen molar-refractivity contribution in [3.8, 4) is 0 Å². The first-order valence-corrected chi connectivity index (χ1v) is 8.03. The molecule has 0 saturated heterocycles. The molecule has 0 fully saturated rings. The minimum absolute atomic E-state index is 0.142. The van der Waals surface area contributed by atoms with E-state index in [4.69, 9.17) is 0 Å². The van der Waals surface area contributed by atoms with Gasteiger partial charge in [0, 0.05) is 5.75 Å². The molecule has 0 aromatic heterocycles. The highest BCUT2D eigenvalue weighted by molar-refractivity contribution is 8.12. The van der Waals surface area contributed by atoms with Gasteiger partial charge in [0.15, 0.2) is 0 Å². The number of nitrogens with one attached hydrogen (secondary N) is 1. The SMILES string of the molecule is CC.CC(C)C[C@@H](C=O)NC(=O)SCc1ccccc1. The summed E-state index contributed by atoms with van der Waals surface area (Å²) in [6.45, 7) is 8.06. The Morgan fingerprint density at radius 2 is 1.85 bits per heavy atom. The summed E-state index contributed by atoms with van der Waals surface area (Å²) in [6, 6.07) is 9.42. The minimum Gasteiger partial charge on any atom is -0.337 e. The second-order valence-electron chi connectivity index (χ2n) is 4.58. The van der Waals surface area contributed by atoms with E-state index in [0.29, 0.717) is 18.1 Å². The third kappa shape index (κ3) is 8.75. The molecule has 0 heterocycles. The Balaban J connectivity index is 0.00000172. The summed E-state index contributed by atoms with van der Waals surface area (Å²) in [4.78, 5) is 22.5. The van der Waals surface area contributed by atoms with Gasteiger partial charge in [0.1, 0.15) is 6.29 Å². The molecular weight excluding hydrogens is 270 g/mol. The van der Waals surface area contributed by atoms with Crippen LogP contribution in [0.4, 0.5) is 4.79 Å². The second-order valence-corrected chi connectivity index (χ2v) is 5.53. The molecule has 1 aromatic rings. The molecule has 1 rings (SSSR count). The van der Waals surface area contributed by atoms with Crippen LogP contribution in [0.25, 0.3) is 0 Å². The normalized spacial score (nSPS) is 11.2. The predicted molar refractivity (Wildman–Crippen MR) is 86.9 cm³/mol. The van der Waals surface area contributed by atoms with Crippen molar-refractivity contribution in [3.05, 3.63) is 35.9 Å². The van der Waals surface area contributed by atoms with E-state index in [9.17, 15) is 9.59 Å². The number of benzene rings is 1. The Labute approximate surface area is 126 Å². The third-order valence-electron chi connectivity index (χ3n) is 2.41. The third-order valence-corrected chi connectivity index (χ3v) is 3.26. The Kier molecular flexibility index (Phi) is 10.8. The van der Waals surface area contributed by atoms with E-state index in [0.717, 1.165) is 11.8 Å². The summed E-state index contributed by atoms with van der Waals surface area (Å²) in [5.74, 6) is 1.01. The van der Waals surface area contributed by atoms with E-state index < -0.39 is 0 Å². The highest BCUT2D eigenvalue weighted by Crippen LogP contribution is 2.13. The molecule has 1 atom stereocenters. The van der Waals surface area contributed by atoms with Crippen LogP contribution in [0.3, 0.4) is 0 Å². The molecule has 0 radical (unpaired) electrons. The number of thioether (sulfide) groups is 1.